The first-order chi connectivity index (χ1) is 13.7. The van der Waals surface area contributed by atoms with Crippen LogP contribution < -0.4 is 5.32 Å². The Kier molecular flexibility index (Phi) is 5.22. The van der Waals surface area contributed by atoms with Gasteiger partial charge in [-0.2, -0.15) is 0 Å². The van der Waals surface area contributed by atoms with Crippen LogP contribution in [0.4, 0.5) is 4.79 Å². The highest BCUT2D eigenvalue weighted by molar-refractivity contribution is 5.86. The number of nitrogens with one attached hydrogen (secondary N) is 1. The number of nitrogens with zero attached hydrogens (tertiary/aromatic N) is 3. The van der Waals surface area contributed by atoms with E-state index in [0.29, 0.717) is 13.2 Å². The molecule has 2 aliphatic rings. The fourth-order valence-corrected chi connectivity index (χ4v) is 3.36. The lowest BCUT2D eigenvalue weighted by Crippen LogP contribution is -2.36. The van der Waals surface area contributed by atoms with Gasteiger partial charge in [0, 0.05) is 6.54 Å². The topological polar surface area (TPSA) is 114 Å². The second-order valence-electron chi connectivity index (χ2n) is 6.52. The van der Waals surface area contributed by atoms with Crippen LogP contribution in [-0.4, -0.2) is 65.7 Å². The monoisotopic (exact) mass is 388 g/mol. The number of fused-ring (bicyclic) bond motifs is 1. The number of esters is 1. The van der Waals surface area contributed by atoms with Gasteiger partial charge in [-0.3, -0.25) is 0 Å². The molecule has 4 rings (SSSR count). The van der Waals surface area contributed by atoms with Gasteiger partial charge >= 0.3 is 12.1 Å². The number of ether oxygens (including phenoxy) is 4. The van der Waals surface area contributed by atoms with Crippen molar-refractivity contribution in [3.63, 3.8) is 0 Å². The highest BCUT2D eigenvalue weighted by atomic mass is 16.6. The van der Waals surface area contributed by atoms with Gasteiger partial charge in [-0.25, -0.2) is 14.3 Å². The van der Waals surface area contributed by atoms with Crippen LogP contribution in [0.15, 0.2) is 36.5 Å². The summed E-state index contributed by atoms with van der Waals surface area (Å²) in [5.74, 6) is -0.564. The number of carbonyl (C=O) groups excluding carboxylic acids is 2. The van der Waals surface area contributed by atoms with Crippen molar-refractivity contribution in [2.45, 2.75) is 30.9 Å². The lowest BCUT2D eigenvalue weighted by molar-refractivity contribution is 0.00287. The molecule has 3 heterocycles. The molecule has 0 radical (unpaired) electrons. The fourth-order valence-electron chi connectivity index (χ4n) is 3.36. The van der Waals surface area contributed by atoms with Crippen molar-refractivity contribution >= 4 is 12.1 Å². The van der Waals surface area contributed by atoms with Crippen LogP contribution in [0.1, 0.15) is 22.1 Å². The van der Waals surface area contributed by atoms with Gasteiger partial charge in [0.2, 0.25) is 0 Å². The SMILES string of the molecule is COC(=O)c1cn([C@@H]2CO[C@@H]3[C@@H]2OC[C@H]3OC(=O)NCc2ccccc2)nn1. The first-order valence-electron chi connectivity index (χ1n) is 8.87. The van der Waals surface area contributed by atoms with E-state index in [2.05, 4.69) is 20.4 Å². The molecule has 0 bridgehead atoms. The van der Waals surface area contributed by atoms with E-state index in [0.717, 1.165) is 5.56 Å². The zero-order chi connectivity index (χ0) is 19.5. The summed E-state index contributed by atoms with van der Waals surface area (Å²) in [5, 5.41) is 10.5. The van der Waals surface area contributed by atoms with E-state index in [1.807, 2.05) is 30.3 Å². The average Bonchev–Trinajstić information content (AvgIpc) is 3.44. The molecule has 2 fully saturated rings. The van der Waals surface area contributed by atoms with Gasteiger partial charge in [0.15, 0.2) is 11.8 Å². The first kappa shape index (κ1) is 18.4. The molecule has 1 aromatic heterocycles. The quantitative estimate of drug-likeness (QED) is 0.745. The summed E-state index contributed by atoms with van der Waals surface area (Å²) in [4.78, 5) is 23.6. The van der Waals surface area contributed by atoms with Gasteiger partial charge in [-0.15, -0.1) is 5.10 Å². The molecule has 0 unspecified atom stereocenters. The van der Waals surface area contributed by atoms with E-state index >= 15 is 0 Å². The maximum Gasteiger partial charge on any atom is 0.407 e. The van der Waals surface area contributed by atoms with Crippen molar-refractivity contribution in [2.75, 3.05) is 20.3 Å². The van der Waals surface area contributed by atoms with E-state index in [1.165, 1.54) is 18.0 Å². The maximum atomic E-state index is 12.1. The molecule has 0 saturated carbocycles. The number of alkyl carbamates (subject to hydrolysis) is 1. The molecule has 1 N–H and O–H groups in total. The molecular formula is C18H20N4O6. The minimum Gasteiger partial charge on any atom is -0.464 e. The molecule has 1 aromatic carbocycles. The molecule has 10 nitrogen and oxygen atoms in total. The van der Waals surface area contributed by atoms with Crippen LogP contribution in [0.3, 0.4) is 0 Å². The van der Waals surface area contributed by atoms with E-state index in [1.54, 1.807) is 0 Å². The summed E-state index contributed by atoms with van der Waals surface area (Å²) in [6.07, 6.45) is -0.308. The van der Waals surface area contributed by atoms with Crippen LogP contribution in [-0.2, 0) is 25.5 Å². The van der Waals surface area contributed by atoms with Crippen LogP contribution >= 0.6 is 0 Å². The Bertz CT molecular complexity index is 842. The summed E-state index contributed by atoms with van der Waals surface area (Å²) in [6.45, 7) is 0.911. The molecule has 2 aliphatic heterocycles. The third-order valence-electron chi connectivity index (χ3n) is 4.76. The standard InChI is InChI=1S/C18H20N4O6/c1-25-17(23)12-8-22(21-20-12)13-9-26-16-14(10-27-15(13)16)28-18(24)19-7-11-5-3-2-4-6-11/h2-6,8,13-16H,7,9-10H2,1H3,(H,19,24)/t13-,14-,15-,16+/m1/s1. The second-order valence-corrected chi connectivity index (χ2v) is 6.52. The Labute approximate surface area is 160 Å². The summed E-state index contributed by atoms with van der Waals surface area (Å²) in [7, 11) is 1.28. The van der Waals surface area contributed by atoms with E-state index in [-0.39, 0.29) is 24.4 Å². The highest BCUT2D eigenvalue weighted by Gasteiger charge is 2.50. The van der Waals surface area contributed by atoms with E-state index < -0.39 is 24.3 Å². The average molecular weight is 388 g/mol. The van der Waals surface area contributed by atoms with Crippen molar-refractivity contribution < 1.29 is 28.5 Å². The van der Waals surface area contributed by atoms with Crippen LogP contribution in [0.25, 0.3) is 0 Å². The van der Waals surface area contributed by atoms with Gasteiger partial charge < -0.3 is 24.3 Å². The largest absolute Gasteiger partial charge is 0.464 e. The Hall–Kier alpha value is -2.98. The number of hydrogen-bond donors (Lipinski definition) is 1. The molecule has 1 amide bonds. The van der Waals surface area contributed by atoms with Crippen molar-refractivity contribution in [1.29, 1.82) is 0 Å². The number of aromatic nitrogens is 3. The Morgan fingerprint density at radius 1 is 1.21 bits per heavy atom. The molecule has 4 atom stereocenters. The summed E-state index contributed by atoms with van der Waals surface area (Å²) in [5.41, 5.74) is 1.09. The second kappa shape index (κ2) is 7.95. The Morgan fingerprint density at radius 3 is 2.79 bits per heavy atom. The highest BCUT2D eigenvalue weighted by Crippen LogP contribution is 2.35. The Balaban J connectivity index is 1.33. The van der Waals surface area contributed by atoms with Gasteiger partial charge in [0.1, 0.15) is 18.2 Å². The predicted octanol–water partition coefficient (Wildman–Crippen LogP) is 0.698. The molecular weight excluding hydrogens is 368 g/mol. The maximum absolute atomic E-state index is 12.1. The summed E-state index contributed by atoms with van der Waals surface area (Å²) < 4.78 is 23.2. The van der Waals surface area contributed by atoms with Crippen LogP contribution in [0.2, 0.25) is 0 Å². The zero-order valence-electron chi connectivity index (χ0n) is 15.2. The number of benzene rings is 1. The van der Waals surface area contributed by atoms with E-state index in [9.17, 15) is 9.59 Å². The Morgan fingerprint density at radius 2 is 2.00 bits per heavy atom. The third-order valence-corrected chi connectivity index (χ3v) is 4.76. The minimum absolute atomic E-state index is 0.108. The zero-order valence-corrected chi connectivity index (χ0v) is 15.2. The number of carbonyl (C=O) groups is 2. The number of hydrogen-bond acceptors (Lipinski definition) is 8. The lowest BCUT2D eigenvalue weighted by atomic mass is 10.1. The van der Waals surface area contributed by atoms with Gasteiger partial charge in [-0.05, 0) is 5.56 Å². The van der Waals surface area contributed by atoms with Crippen LogP contribution in [0, 0.1) is 0 Å². The third kappa shape index (κ3) is 3.69. The van der Waals surface area contributed by atoms with Crippen LogP contribution in [0.5, 0.6) is 0 Å². The molecule has 2 aromatic rings. The summed E-state index contributed by atoms with van der Waals surface area (Å²) >= 11 is 0. The molecule has 2 saturated heterocycles. The molecule has 0 aliphatic carbocycles. The number of rotatable bonds is 5. The number of amides is 1. The van der Waals surface area contributed by atoms with Crippen molar-refractivity contribution in [3.05, 3.63) is 47.8 Å². The van der Waals surface area contributed by atoms with Gasteiger partial charge in [-0.1, -0.05) is 35.5 Å². The van der Waals surface area contributed by atoms with Crippen molar-refractivity contribution in [3.8, 4) is 0 Å². The normalized spacial score (nSPS) is 25.9. The lowest BCUT2D eigenvalue weighted by Gasteiger charge is -2.17. The fraction of sp³-hybridized carbons (Fsp3) is 0.444. The molecule has 10 heteroatoms. The predicted molar refractivity (Wildman–Crippen MR) is 93.4 cm³/mol. The molecule has 28 heavy (non-hydrogen) atoms. The van der Waals surface area contributed by atoms with Gasteiger partial charge in [0.05, 0.1) is 26.5 Å². The summed E-state index contributed by atoms with van der Waals surface area (Å²) in [6, 6.07) is 9.28. The smallest absolute Gasteiger partial charge is 0.407 e. The van der Waals surface area contributed by atoms with Crippen molar-refractivity contribution in [2.24, 2.45) is 0 Å². The number of methoxy groups -OCH3 is 1. The molecule has 148 valence electrons. The minimum atomic E-state index is -0.564. The van der Waals surface area contributed by atoms with E-state index in [4.69, 9.17) is 14.2 Å². The van der Waals surface area contributed by atoms with Gasteiger partial charge in [0.25, 0.3) is 0 Å². The molecule has 0 spiro atoms. The van der Waals surface area contributed by atoms with Crippen molar-refractivity contribution in [1.82, 2.24) is 20.3 Å². The first-order valence-corrected chi connectivity index (χ1v) is 8.87.